The zero-order valence-corrected chi connectivity index (χ0v) is 11.6. The number of ether oxygens (including phenoxy) is 2. The van der Waals surface area contributed by atoms with Crippen LogP contribution >= 0.6 is 0 Å². The molecule has 9 nitrogen and oxygen atoms in total. The van der Waals surface area contributed by atoms with E-state index in [0.29, 0.717) is 0 Å². The highest BCUT2D eigenvalue weighted by atomic mass is 16.6. The summed E-state index contributed by atoms with van der Waals surface area (Å²) in [5.41, 5.74) is 5.13. The predicted molar refractivity (Wildman–Crippen MR) is 68.1 cm³/mol. The molecule has 0 bridgehead atoms. The average Bonchev–Trinajstić information content (AvgIpc) is 2.42. The van der Waals surface area contributed by atoms with E-state index < -0.39 is 61.3 Å². The van der Waals surface area contributed by atoms with E-state index in [1.807, 2.05) is 0 Å². The van der Waals surface area contributed by atoms with Crippen LogP contribution < -0.4 is 5.73 Å². The zero-order valence-electron chi connectivity index (χ0n) is 11.6. The molecule has 0 aromatic heterocycles. The van der Waals surface area contributed by atoms with Crippen molar-refractivity contribution in [3.8, 4) is 0 Å². The summed E-state index contributed by atoms with van der Waals surface area (Å²) >= 11 is 0. The van der Waals surface area contributed by atoms with Gasteiger partial charge in [0.25, 0.3) is 0 Å². The summed E-state index contributed by atoms with van der Waals surface area (Å²) in [6.45, 7) is -0.459. The summed E-state index contributed by atoms with van der Waals surface area (Å²) in [6, 6.07) is 0. The van der Waals surface area contributed by atoms with Crippen molar-refractivity contribution in [2.45, 2.75) is 43.4 Å². The van der Waals surface area contributed by atoms with Gasteiger partial charge in [-0.15, -0.1) is 0 Å². The lowest BCUT2D eigenvalue weighted by Crippen LogP contribution is -2.59. The molecule has 1 amide bonds. The molecule has 9 heteroatoms. The van der Waals surface area contributed by atoms with Crippen LogP contribution in [0.5, 0.6) is 0 Å². The van der Waals surface area contributed by atoms with E-state index in [2.05, 4.69) is 0 Å². The molecule has 1 saturated heterocycles. The van der Waals surface area contributed by atoms with Gasteiger partial charge in [0.15, 0.2) is 0 Å². The number of carbonyl (C=O) groups excluding carboxylic acids is 1. The van der Waals surface area contributed by atoms with Crippen molar-refractivity contribution < 1.29 is 39.5 Å². The van der Waals surface area contributed by atoms with Crippen LogP contribution in [0.25, 0.3) is 0 Å². The summed E-state index contributed by atoms with van der Waals surface area (Å²) < 4.78 is 10.4. The van der Waals surface area contributed by atoms with Crippen LogP contribution in [0.3, 0.4) is 0 Å². The topological polar surface area (TPSA) is 160 Å². The van der Waals surface area contributed by atoms with E-state index >= 15 is 0 Å². The van der Waals surface area contributed by atoms with Gasteiger partial charge < -0.3 is 35.6 Å². The second kappa shape index (κ2) is 7.66. The Hall–Kier alpha value is -1.26. The molecule has 122 valence electrons. The Bertz CT molecular complexity index is 374. The lowest BCUT2D eigenvalue weighted by Gasteiger charge is -2.42. The molecule has 0 spiro atoms. The van der Waals surface area contributed by atoms with E-state index in [9.17, 15) is 24.9 Å². The largest absolute Gasteiger partial charge is 0.481 e. The van der Waals surface area contributed by atoms with Gasteiger partial charge in [0.2, 0.25) is 5.91 Å². The quantitative estimate of drug-likeness (QED) is 0.343. The van der Waals surface area contributed by atoms with Crippen LogP contribution in [0.1, 0.15) is 12.8 Å². The fourth-order valence-electron chi connectivity index (χ4n) is 2.44. The van der Waals surface area contributed by atoms with E-state index in [0.717, 1.165) is 0 Å². The number of hydrogen-bond donors (Lipinski definition) is 5. The highest BCUT2D eigenvalue weighted by Gasteiger charge is 2.45. The number of aliphatic carboxylic acids is 1. The first kappa shape index (κ1) is 17.8. The molecule has 1 aliphatic rings. The van der Waals surface area contributed by atoms with Crippen LogP contribution in [0, 0.1) is 5.92 Å². The molecule has 0 aromatic rings. The number of carboxylic acid groups (broad SMARTS) is 1. The molecule has 0 aromatic carbocycles. The Labute approximate surface area is 121 Å². The third-order valence-electron chi connectivity index (χ3n) is 3.58. The smallest absolute Gasteiger partial charge is 0.304 e. The number of carbonyl (C=O) groups is 2. The Morgan fingerprint density at radius 1 is 1.29 bits per heavy atom. The number of primary amides is 1. The van der Waals surface area contributed by atoms with Gasteiger partial charge in [0, 0.05) is 7.11 Å². The number of rotatable bonds is 7. The SMILES string of the molecule is COC1C(CO)OC(CC(CC(=O)O)C(N)=O)C(O)C1O. The highest BCUT2D eigenvalue weighted by molar-refractivity contribution is 5.81. The van der Waals surface area contributed by atoms with Crippen LogP contribution in [0.4, 0.5) is 0 Å². The Kier molecular flexibility index (Phi) is 6.49. The second-order valence-corrected chi connectivity index (χ2v) is 5.01. The molecule has 6 unspecified atom stereocenters. The number of nitrogens with two attached hydrogens (primary N) is 1. The third kappa shape index (κ3) is 4.35. The van der Waals surface area contributed by atoms with Crippen molar-refractivity contribution in [2.75, 3.05) is 13.7 Å². The van der Waals surface area contributed by atoms with Crippen molar-refractivity contribution in [1.82, 2.24) is 0 Å². The Morgan fingerprint density at radius 3 is 2.33 bits per heavy atom. The van der Waals surface area contributed by atoms with Gasteiger partial charge in [-0.25, -0.2) is 0 Å². The molecular weight excluding hydrogens is 286 g/mol. The maximum absolute atomic E-state index is 11.3. The second-order valence-electron chi connectivity index (χ2n) is 5.01. The first-order valence-corrected chi connectivity index (χ1v) is 6.48. The minimum absolute atomic E-state index is 0.174. The summed E-state index contributed by atoms with van der Waals surface area (Å²) in [6.07, 6.45) is -6.23. The van der Waals surface area contributed by atoms with Crippen LogP contribution in [-0.4, -0.2) is 76.5 Å². The summed E-state index contributed by atoms with van der Waals surface area (Å²) in [7, 11) is 1.30. The fourth-order valence-corrected chi connectivity index (χ4v) is 2.44. The van der Waals surface area contributed by atoms with E-state index in [4.69, 9.17) is 20.3 Å². The lowest BCUT2D eigenvalue weighted by atomic mass is 9.88. The van der Waals surface area contributed by atoms with E-state index in [1.54, 1.807) is 0 Å². The molecule has 1 heterocycles. The van der Waals surface area contributed by atoms with Crippen LogP contribution in [0.2, 0.25) is 0 Å². The predicted octanol–water partition coefficient (Wildman–Crippen LogP) is -2.55. The van der Waals surface area contributed by atoms with Gasteiger partial charge in [0.1, 0.15) is 24.4 Å². The van der Waals surface area contributed by atoms with Crippen molar-refractivity contribution in [3.05, 3.63) is 0 Å². The van der Waals surface area contributed by atoms with Gasteiger partial charge in [-0.3, -0.25) is 9.59 Å². The number of aliphatic hydroxyl groups excluding tert-OH is 3. The lowest BCUT2D eigenvalue weighted by molar-refractivity contribution is -0.239. The number of hydrogen-bond acceptors (Lipinski definition) is 7. The van der Waals surface area contributed by atoms with Gasteiger partial charge in [-0.1, -0.05) is 0 Å². The number of methoxy groups -OCH3 is 1. The first-order chi connectivity index (χ1) is 9.81. The molecule has 1 fully saturated rings. The normalized spacial score (nSPS) is 34.4. The molecule has 1 rings (SSSR count). The maximum atomic E-state index is 11.3. The zero-order chi connectivity index (χ0) is 16.2. The molecule has 0 aliphatic carbocycles. The minimum atomic E-state index is -1.38. The number of aliphatic hydroxyl groups is 3. The Morgan fingerprint density at radius 2 is 1.90 bits per heavy atom. The van der Waals surface area contributed by atoms with Crippen molar-refractivity contribution >= 4 is 11.9 Å². The van der Waals surface area contributed by atoms with Crippen molar-refractivity contribution in [3.63, 3.8) is 0 Å². The molecule has 21 heavy (non-hydrogen) atoms. The minimum Gasteiger partial charge on any atom is -0.481 e. The molecule has 6 atom stereocenters. The molecular formula is C12H21NO8. The van der Waals surface area contributed by atoms with Crippen LogP contribution in [-0.2, 0) is 19.1 Å². The van der Waals surface area contributed by atoms with Crippen LogP contribution in [0.15, 0.2) is 0 Å². The van der Waals surface area contributed by atoms with E-state index in [-0.39, 0.29) is 6.42 Å². The summed E-state index contributed by atoms with van der Waals surface area (Å²) in [4.78, 5) is 22.0. The van der Waals surface area contributed by atoms with Gasteiger partial charge >= 0.3 is 5.97 Å². The first-order valence-electron chi connectivity index (χ1n) is 6.48. The summed E-state index contributed by atoms with van der Waals surface area (Å²) in [5.74, 6) is -3.09. The number of carboxylic acids is 1. The fraction of sp³-hybridized carbons (Fsp3) is 0.833. The number of amides is 1. The van der Waals surface area contributed by atoms with E-state index in [1.165, 1.54) is 7.11 Å². The highest BCUT2D eigenvalue weighted by Crippen LogP contribution is 2.27. The third-order valence-corrected chi connectivity index (χ3v) is 3.58. The molecule has 0 saturated carbocycles. The monoisotopic (exact) mass is 307 g/mol. The Balaban J connectivity index is 2.81. The van der Waals surface area contributed by atoms with Crippen molar-refractivity contribution in [2.24, 2.45) is 11.7 Å². The van der Waals surface area contributed by atoms with Gasteiger partial charge in [-0.05, 0) is 6.42 Å². The molecule has 0 radical (unpaired) electrons. The van der Waals surface area contributed by atoms with Gasteiger partial charge in [-0.2, -0.15) is 0 Å². The standard InChI is InChI=1S/C12H21NO8/c1-20-11-7(4-14)21-6(9(17)10(11)18)2-5(12(13)19)3-8(15)16/h5-7,9-11,14,17-18H,2-4H2,1H3,(H2,13,19)(H,15,16). The summed E-state index contributed by atoms with van der Waals surface area (Å²) in [5, 5.41) is 37.9. The molecule has 6 N–H and O–H groups in total. The maximum Gasteiger partial charge on any atom is 0.304 e. The average molecular weight is 307 g/mol. The van der Waals surface area contributed by atoms with Crippen molar-refractivity contribution in [1.29, 1.82) is 0 Å². The van der Waals surface area contributed by atoms with Gasteiger partial charge in [0.05, 0.1) is 25.0 Å². The molecule has 1 aliphatic heterocycles.